The van der Waals surface area contributed by atoms with Crippen LogP contribution in [0.25, 0.3) is 16.8 Å². The van der Waals surface area contributed by atoms with Crippen molar-refractivity contribution in [3.05, 3.63) is 130 Å². The molecule has 168 valence electrons. The van der Waals surface area contributed by atoms with Crippen molar-refractivity contribution in [2.45, 2.75) is 6.92 Å². The molecule has 1 heterocycles. The average molecular weight is 518 g/mol. The molecule has 0 fully saturated rings. The molecule has 1 aliphatic rings. The van der Waals surface area contributed by atoms with Gasteiger partial charge in [-0.3, -0.25) is 0 Å². The Kier molecular flexibility index (Phi) is 5.33. The quantitative estimate of drug-likeness (QED) is 0.144. The van der Waals surface area contributed by atoms with E-state index >= 15 is 0 Å². The second kappa shape index (κ2) is 8.66. The molecule has 4 aromatic carbocycles. The summed E-state index contributed by atoms with van der Waals surface area (Å²) in [7, 11) is 0. The number of nitrogens with zero attached hydrogens (tertiary/aromatic N) is 1. The van der Waals surface area contributed by atoms with Gasteiger partial charge in [0.15, 0.2) is 0 Å². The van der Waals surface area contributed by atoms with Crippen molar-refractivity contribution < 1.29 is 9.59 Å². The molecule has 0 unspecified atom stereocenters. The minimum atomic E-state index is -0.180. The predicted octanol–water partition coefficient (Wildman–Crippen LogP) is 7.14. The average Bonchev–Trinajstić information content (AvgIpc) is 3.44. The van der Waals surface area contributed by atoms with Gasteiger partial charge in [0.25, 0.3) is 0 Å². The van der Waals surface area contributed by atoms with Crippen LogP contribution >= 0.6 is 0 Å². The Bertz CT molecular complexity index is 1600. The van der Waals surface area contributed by atoms with Crippen molar-refractivity contribution in [2.75, 3.05) is 4.90 Å². The Labute approximate surface area is 209 Å². The first-order valence-corrected chi connectivity index (χ1v) is 13.2. The predicted molar refractivity (Wildman–Crippen MR) is 143 cm³/mol. The molecule has 0 N–H and O–H groups in total. The number of benzene rings is 4. The van der Waals surface area contributed by atoms with Gasteiger partial charge in [-0.05, 0) is 0 Å². The summed E-state index contributed by atoms with van der Waals surface area (Å²) >= 11 is -0.0792. The molecule has 1 aromatic heterocycles. The molecule has 0 aliphatic heterocycles. The summed E-state index contributed by atoms with van der Waals surface area (Å²) < 4.78 is 2.16. The Morgan fingerprint density at radius 1 is 0.686 bits per heavy atom. The van der Waals surface area contributed by atoms with Gasteiger partial charge >= 0.3 is 210 Å². The van der Waals surface area contributed by atoms with Gasteiger partial charge < -0.3 is 0 Å². The van der Waals surface area contributed by atoms with Crippen LogP contribution in [0.2, 0.25) is 0 Å². The zero-order valence-electron chi connectivity index (χ0n) is 19.1. The van der Waals surface area contributed by atoms with E-state index in [2.05, 4.69) is 84.6 Å². The summed E-state index contributed by atoms with van der Waals surface area (Å²) in [4.78, 5) is 28.1. The summed E-state index contributed by atoms with van der Waals surface area (Å²) in [5.41, 5.74) is 4.67. The van der Waals surface area contributed by atoms with Crippen LogP contribution in [-0.4, -0.2) is 26.1 Å². The first-order valence-electron chi connectivity index (χ1n) is 11.4. The van der Waals surface area contributed by atoms with Gasteiger partial charge in [0.1, 0.15) is 0 Å². The molecule has 3 nitrogen and oxygen atoms in total. The fraction of sp³-hybridized carbons (Fsp3) is 0.0323. The molecule has 5 aromatic rings. The standard InChI is InChI=1S/C31H21NO2Se/c1-20-13-15-22(16-14-20)32(28-12-6-8-21-7-2-3-9-24(21)28)29-18-17-23(35-29)19-27-30(33)25-10-4-5-11-26(25)31(27)34/h2-19H,1H3. The van der Waals surface area contributed by atoms with Crippen LogP contribution in [0, 0.1) is 6.92 Å². The van der Waals surface area contributed by atoms with Crippen molar-refractivity contribution in [1.29, 1.82) is 0 Å². The zero-order chi connectivity index (χ0) is 23.9. The van der Waals surface area contributed by atoms with Gasteiger partial charge in [-0.25, -0.2) is 0 Å². The third-order valence-electron chi connectivity index (χ3n) is 6.32. The molecular formula is C31H21NO2Se. The molecule has 0 saturated heterocycles. The molecule has 0 atom stereocenters. The SMILES string of the molecule is Cc1ccc(N(c2ccc(C=C3C(=O)c4ccccc4C3=O)[se]2)c2cccc3ccccc23)cc1. The number of aryl methyl sites for hydroxylation is 1. The Morgan fingerprint density at radius 3 is 2.09 bits per heavy atom. The molecule has 0 saturated carbocycles. The second-order valence-electron chi connectivity index (χ2n) is 8.61. The zero-order valence-corrected chi connectivity index (χ0v) is 20.8. The van der Waals surface area contributed by atoms with Crippen LogP contribution < -0.4 is 4.90 Å². The molecule has 35 heavy (non-hydrogen) atoms. The minimum absolute atomic E-state index is 0.0792. The van der Waals surface area contributed by atoms with Crippen molar-refractivity contribution in [3.63, 3.8) is 0 Å². The molecule has 0 spiro atoms. The maximum absolute atomic E-state index is 12.9. The summed E-state index contributed by atoms with van der Waals surface area (Å²) in [6.07, 6.45) is 1.80. The van der Waals surface area contributed by atoms with Gasteiger partial charge in [0.2, 0.25) is 0 Å². The molecule has 0 radical (unpaired) electrons. The molecule has 6 rings (SSSR count). The van der Waals surface area contributed by atoms with E-state index in [4.69, 9.17) is 0 Å². The van der Waals surface area contributed by atoms with Gasteiger partial charge in [0.05, 0.1) is 0 Å². The maximum atomic E-state index is 12.9. The van der Waals surface area contributed by atoms with Crippen LogP contribution in [0.5, 0.6) is 0 Å². The van der Waals surface area contributed by atoms with E-state index in [1.165, 1.54) is 16.3 Å². The van der Waals surface area contributed by atoms with Crippen molar-refractivity contribution in [3.8, 4) is 0 Å². The number of hydrogen-bond donors (Lipinski definition) is 0. The van der Waals surface area contributed by atoms with Crippen LogP contribution in [-0.2, 0) is 0 Å². The number of hydrogen-bond acceptors (Lipinski definition) is 3. The fourth-order valence-corrected chi connectivity index (χ4v) is 6.64. The Hall–Kier alpha value is -3.98. The van der Waals surface area contributed by atoms with Crippen LogP contribution in [0.4, 0.5) is 15.9 Å². The van der Waals surface area contributed by atoms with Crippen LogP contribution in [0.1, 0.15) is 30.7 Å². The number of ketones is 2. The number of carbonyl (C=O) groups is 2. The van der Waals surface area contributed by atoms with E-state index in [0.29, 0.717) is 11.1 Å². The van der Waals surface area contributed by atoms with Gasteiger partial charge in [0, 0.05) is 0 Å². The first-order chi connectivity index (χ1) is 17.1. The normalized spacial score (nSPS) is 12.8. The Balaban J connectivity index is 1.46. The summed E-state index contributed by atoms with van der Waals surface area (Å²) in [6.45, 7) is 2.09. The van der Waals surface area contributed by atoms with E-state index < -0.39 is 0 Å². The number of rotatable bonds is 4. The number of Topliss-reactive ketones (excluding diaryl/α,β-unsaturated/α-hetero) is 2. The van der Waals surface area contributed by atoms with E-state index in [1.54, 1.807) is 30.3 Å². The van der Waals surface area contributed by atoms with Gasteiger partial charge in [-0.1, -0.05) is 0 Å². The Morgan fingerprint density at radius 2 is 1.34 bits per heavy atom. The number of carbonyl (C=O) groups excluding carboxylic acids is 2. The van der Waals surface area contributed by atoms with E-state index in [9.17, 15) is 9.59 Å². The number of fused-ring (bicyclic) bond motifs is 2. The summed E-state index contributed by atoms with van der Waals surface area (Å²) in [6, 6.07) is 34.5. The molecule has 1 aliphatic carbocycles. The van der Waals surface area contributed by atoms with Gasteiger partial charge in [-0.2, -0.15) is 0 Å². The van der Waals surface area contributed by atoms with Crippen molar-refractivity contribution in [2.24, 2.45) is 0 Å². The monoisotopic (exact) mass is 519 g/mol. The first kappa shape index (κ1) is 21.5. The third-order valence-corrected chi connectivity index (χ3v) is 8.46. The summed E-state index contributed by atoms with van der Waals surface area (Å²) in [5, 5.41) is 2.36. The van der Waals surface area contributed by atoms with Crippen molar-refractivity contribution >= 4 is 58.9 Å². The van der Waals surface area contributed by atoms with E-state index in [-0.39, 0.29) is 31.6 Å². The van der Waals surface area contributed by atoms with Gasteiger partial charge in [-0.15, -0.1) is 0 Å². The molecule has 0 amide bonds. The van der Waals surface area contributed by atoms with E-state index in [1.807, 2.05) is 6.07 Å². The molecule has 0 bridgehead atoms. The van der Waals surface area contributed by atoms with E-state index in [0.717, 1.165) is 20.4 Å². The van der Waals surface area contributed by atoms with Crippen LogP contribution in [0.3, 0.4) is 0 Å². The fourth-order valence-electron chi connectivity index (χ4n) is 4.57. The topological polar surface area (TPSA) is 37.4 Å². The third kappa shape index (κ3) is 3.77. The summed E-state index contributed by atoms with van der Waals surface area (Å²) in [5.74, 6) is -0.361. The molecular weight excluding hydrogens is 497 g/mol. The number of allylic oxidation sites excluding steroid dienone is 1. The van der Waals surface area contributed by atoms with Crippen LogP contribution in [0.15, 0.2) is 109 Å². The molecule has 4 heteroatoms. The van der Waals surface area contributed by atoms with Crippen molar-refractivity contribution in [1.82, 2.24) is 0 Å². The second-order valence-corrected chi connectivity index (χ2v) is 10.9. The number of anilines is 3.